The molecule has 3 nitrogen and oxygen atoms in total. The van der Waals surface area contributed by atoms with Crippen molar-refractivity contribution in [3.8, 4) is 5.75 Å². The number of phenolic OH excluding ortho intramolecular Hbond substituents is 1. The first-order valence-electron chi connectivity index (χ1n) is 8.25. The SMILES string of the molecule is Cc1ccc(O)c(C(C)N(CC2CCCNC2)C(C)C)c1. The maximum atomic E-state index is 10.2. The Morgan fingerprint density at radius 3 is 2.71 bits per heavy atom. The topological polar surface area (TPSA) is 35.5 Å². The van der Waals surface area contributed by atoms with E-state index in [4.69, 9.17) is 0 Å². The lowest BCUT2D eigenvalue weighted by atomic mass is 9.95. The number of nitrogens with zero attached hydrogens (tertiary/aromatic N) is 1. The average Bonchev–Trinajstić information content (AvgIpc) is 2.47. The molecule has 2 unspecified atom stereocenters. The highest BCUT2D eigenvalue weighted by Gasteiger charge is 2.25. The van der Waals surface area contributed by atoms with Crippen LogP contribution in [0.15, 0.2) is 18.2 Å². The number of aryl methyl sites for hydroxylation is 1. The standard InChI is InChI=1S/C18H30N2O/c1-13(2)20(12-16-6-5-9-19-11-16)15(4)17-10-14(3)7-8-18(17)21/h7-8,10,13,15-16,19,21H,5-6,9,11-12H2,1-4H3. The fraction of sp³-hybridized carbons (Fsp3) is 0.667. The predicted octanol–water partition coefficient (Wildman–Crippen LogP) is 3.47. The largest absolute Gasteiger partial charge is 0.508 e. The molecule has 2 atom stereocenters. The van der Waals surface area contributed by atoms with Gasteiger partial charge in [0.15, 0.2) is 0 Å². The smallest absolute Gasteiger partial charge is 0.120 e. The molecule has 1 aliphatic heterocycles. The number of piperidine rings is 1. The van der Waals surface area contributed by atoms with Crippen molar-refractivity contribution in [1.29, 1.82) is 0 Å². The van der Waals surface area contributed by atoms with Gasteiger partial charge in [-0.05, 0) is 65.6 Å². The molecule has 0 saturated carbocycles. The van der Waals surface area contributed by atoms with Crippen LogP contribution in [0, 0.1) is 12.8 Å². The molecular weight excluding hydrogens is 260 g/mol. The summed E-state index contributed by atoms with van der Waals surface area (Å²) < 4.78 is 0. The van der Waals surface area contributed by atoms with Gasteiger partial charge in [-0.2, -0.15) is 0 Å². The van der Waals surface area contributed by atoms with E-state index in [-0.39, 0.29) is 6.04 Å². The van der Waals surface area contributed by atoms with E-state index in [1.807, 2.05) is 12.1 Å². The van der Waals surface area contributed by atoms with E-state index in [2.05, 4.69) is 44.0 Å². The van der Waals surface area contributed by atoms with Crippen LogP contribution in [0.2, 0.25) is 0 Å². The molecule has 2 rings (SSSR count). The molecule has 1 fully saturated rings. The summed E-state index contributed by atoms with van der Waals surface area (Å²) in [5.74, 6) is 1.14. The molecule has 0 radical (unpaired) electrons. The molecule has 1 heterocycles. The van der Waals surface area contributed by atoms with Crippen LogP contribution >= 0.6 is 0 Å². The van der Waals surface area contributed by atoms with Gasteiger partial charge in [-0.15, -0.1) is 0 Å². The van der Waals surface area contributed by atoms with Crippen molar-refractivity contribution >= 4 is 0 Å². The Morgan fingerprint density at radius 2 is 2.10 bits per heavy atom. The summed E-state index contributed by atoms with van der Waals surface area (Å²) in [6.45, 7) is 12.2. The van der Waals surface area contributed by atoms with Gasteiger partial charge in [0.1, 0.15) is 5.75 Å². The van der Waals surface area contributed by atoms with Crippen LogP contribution < -0.4 is 5.32 Å². The first kappa shape index (κ1) is 16.3. The summed E-state index contributed by atoms with van der Waals surface area (Å²) in [5.41, 5.74) is 2.25. The van der Waals surface area contributed by atoms with Crippen molar-refractivity contribution in [3.05, 3.63) is 29.3 Å². The van der Waals surface area contributed by atoms with Gasteiger partial charge in [0.2, 0.25) is 0 Å². The molecule has 0 bridgehead atoms. The fourth-order valence-electron chi connectivity index (χ4n) is 3.38. The summed E-state index contributed by atoms with van der Waals surface area (Å²) in [5, 5.41) is 13.7. The summed E-state index contributed by atoms with van der Waals surface area (Å²) >= 11 is 0. The van der Waals surface area contributed by atoms with Gasteiger partial charge in [-0.3, -0.25) is 4.90 Å². The molecule has 21 heavy (non-hydrogen) atoms. The van der Waals surface area contributed by atoms with Crippen LogP contribution in [-0.4, -0.2) is 35.7 Å². The van der Waals surface area contributed by atoms with Crippen LogP contribution in [0.25, 0.3) is 0 Å². The normalized spacial score (nSPS) is 21.0. The monoisotopic (exact) mass is 290 g/mol. The third-order valence-electron chi connectivity index (χ3n) is 4.66. The highest BCUT2D eigenvalue weighted by atomic mass is 16.3. The number of hydrogen-bond acceptors (Lipinski definition) is 3. The molecule has 0 amide bonds. The minimum Gasteiger partial charge on any atom is -0.508 e. The second-order valence-electron chi connectivity index (χ2n) is 6.74. The average molecular weight is 290 g/mol. The third kappa shape index (κ3) is 4.21. The van der Waals surface area contributed by atoms with E-state index in [0.717, 1.165) is 31.1 Å². The Hall–Kier alpha value is -1.06. The van der Waals surface area contributed by atoms with Crippen LogP contribution in [0.3, 0.4) is 0 Å². The van der Waals surface area contributed by atoms with Crippen molar-refractivity contribution in [3.63, 3.8) is 0 Å². The fourth-order valence-corrected chi connectivity index (χ4v) is 3.38. The van der Waals surface area contributed by atoms with Gasteiger partial charge in [0.05, 0.1) is 0 Å². The highest BCUT2D eigenvalue weighted by molar-refractivity contribution is 5.37. The summed E-state index contributed by atoms with van der Waals surface area (Å²) in [6, 6.07) is 6.63. The molecule has 1 aromatic carbocycles. The molecule has 0 aromatic heterocycles. The van der Waals surface area contributed by atoms with Crippen LogP contribution in [0.1, 0.15) is 50.8 Å². The van der Waals surface area contributed by atoms with E-state index in [0.29, 0.717) is 11.8 Å². The number of nitrogens with one attached hydrogen (secondary N) is 1. The van der Waals surface area contributed by atoms with E-state index in [1.165, 1.54) is 18.4 Å². The van der Waals surface area contributed by atoms with Gasteiger partial charge < -0.3 is 10.4 Å². The molecule has 0 aliphatic carbocycles. The Morgan fingerprint density at radius 1 is 1.33 bits per heavy atom. The molecule has 1 saturated heterocycles. The van der Waals surface area contributed by atoms with Gasteiger partial charge in [-0.1, -0.05) is 17.7 Å². The Kier molecular flexibility index (Phi) is 5.65. The number of phenols is 1. The Balaban J connectivity index is 2.14. The summed E-state index contributed by atoms with van der Waals surface area (Å²) in [6.07, 6.45) is 2.59. The van der Waals surface area contributed by atoms with Gasteiger partial charge in [0.25, 0.3) is 0 Å². The van der Waals surface area contributed by atoms with Crippen molar-refractivity contribution < 1.29 is 5.11 Å². The van der Waals surface area contributed by atoms with Crippen molar-refractivity contribution in [1.82, 2.24) is 10.2 Å². The van der Waals surface area contributed by atoms with E-state index in [1.54, 1.807) is 0 Å². The minimum atomic E-state index is 0.242. The summed E-state index contributed by atoms with van der Waals surface area (Å²) in [7, 11) is 0. The minimum absolute atomic E-state index is 0.242. The zero-order chi connectivity index (χ0) is 15.4. The Bertz CT molecular complexity index is 453. The number of rotatable bonds is 5. The van der Waals surface area contributed by atoms with Crippen LogP contribution in [-0.2, 0) is 0 Å². The zero-order valence-electron chi connectivity index (χ0n) is 13.9. The lowest BCUT2D eigenvalue weighted by molar-refractivity contribution is 0.125. The molecule has 118 valence electrons. The maximum Gasteiger partial charge on any atom is 0.120 e. The molecule has 2 N–H and O–H groups in total. The number of benzene rings is 1. The zero-order valence-corrected chi connectivity index (χ0v) is 13.9. The van der Waals surface area contributed by atoms with Crippen molar-refractivity contribution in [2.24, 2.45) is 5.92 Å². The van der Waals surface area contributed by atoms with Gasteiger partial charge in [-0.25, -0.2) is 0 Å². The van der Waals surface area contributed by atoms with Crippen molar-refractivity contribution in [2.75, 3.05) is 19.6 Å². The second-order valence-corrected chi connectivity index (χ2v) is 6.74. The lowest BCUT2D eigenvalue weighted by Crippen LogP contribution is -2.42. The lowest BCUT2D eigenvalue weighted by Gasteiger charge is -2.37. The van der Waals surface area contributed by atoms with Crippen LogP contribution in [0.4, 0.5) is 0 Å². The first-order valence-corrected chi connectivity index (χ1v) is 8.25. The molecule has 1 aromatic rings. The number of aromatic hydroxyl groups is 1. The summed E-state index contributed by atoms with van der Waals surface area (Å²) in [4.78, 5) is 2.52. The highest BCUT2D eigenvalue weighted by Crippen LogP contribution is 2.31. The molecule has 0 spiro atoms. The quantitative estimate of drug-likeness (QED) is 0.871. The first-order chi connectivity index (χ1) is 9.99. The van der Waals surface area contributed by atoms with Gasteiger partial charge >= 0.3 is 0 Å². The molecule has 3 heteroatoms. The van der Waals surface area contributed by atoms with E-state index in [9.17, 15) is 5.11 Å². The van der Waals surface area contributed by atoms with E-state index >= 15 is 0 Å². The van der Waals surface area contributed by atoms with Crippen molar-refractivity contribution in [2.45, 2.75) is 52.6 Å². The molecule has 1 aliphatic rings. The third-order valence-corrected chi connectivity index (χ3v) is 4.66. The van der Waals surface area contributed by atoms with Gasteiger partial charge in [0, 0.05) is 24.2 Å². The van der Waals surface area contributed by atoms with E-state index < -0.39 is 0 Å². The van der Waals surface area contributed by atoms with Crippen LogP contribution in [0.5, 0.6) is 5.75 Å². The predicted molar refractivity (Wildman–Crippen MR) is 88.7 cm³/mol. The molecular formula is C18H30N2O. The second kappa shape index (κ2) is 7.28. The maximum absolute atomic E-state index is 10.2. The number of hydrogen-bond donors (Lipinski definition) is 2. The Labute approximate surface area is 129 Å².